The van der Waals surface area contributed by atoms with Gasteiger partial charge in [0.25, 0.3) is 0 Å². The van der Waals surface area contributed by atoms with Crippen LogP contribution in [0.5, 0.6) is 0 Å². The summed E-state index contributed by atoms with van der Waals surface area (Å²) >= 11 is 1.76. The molecule has 0 bridgehead atoms. The molecule has 0 radical (unpaired) electrons. The largest absolute Gasteiger partial charge is 0.385 e. The molecule has 1 aliphatic heterocycles. The van der Waals surface area contributed by atoms with E-state index in [1.165, 1.54) is 16.0 Å². The summed E-state index contributed by atoms with van der Waals surface area (Å²) in [5, 5.41) is 2.11. The highest BCUT2D eigenvalue weighted by Crippen LogP contribution is 2.37. The zero-order chi connectivity index (χ0) is 20.8. The highest BCUT2D eigenvalue weighted by Gasteiger charge is 2.33. The number of nitrogens with zero attached hydrogens (tertiary/aromatic N) is 2. The number of carbonyl (C=O) groups is 2. The molecule has 156 valence electrons. The number of fused-ring (bicyclic) bond motifs is 1. The molecule has 0 saturated heterocycles. The molecule has 0 aliphatic carbocycles. The number of thiophene rings is 1. The van der Waals surface area contributed by atoms with E-state index in [0.29, 0.717) is 26.1 Å². The fourth-order valence-corrected chi connectivity index (χ4v) is 4.77. The summed E-state index contributed by atoms with van der Waals surface area (Å²) in [6.45, 7) is 5.82. The van der Waals surface area contributed by atoms with E-state index in [1.54, 1.807) is 23.3 Å². The van der Waals surface area contributed by atoms with Crippen molar-refractivity contribution in [2.24, 2.45) is 0 Å². The summed E-state index contributed by atoms with van der Waals surface area (Å²) in [5.74, 6) is 0.0150. The number of carbonyl (C=O) groups excluding carboxylic acids is 2. The van der Waals surface area contributed by atoms with Crippen LogP contribution >= 0.6 is 11.3 Å². The van der Waals surface area contributed by atoms with Crippen molar-refractivity contribution >= 4 is 23.2 Å². The van der Waals surface area contributed by atoms with Gasteiger partial charge in [-0.1, -0.05) is 36.8 Å². The van der Waals surface area contributed by atoms with Gasteiger partial charge in [0.2, 0.25) is 11.8 Å². The maximum atomic E-state index is 13.3. The molecule has 29 heavy (non-hydrogen) atoms. The Labute approximate surface area is 177 Å². The van der Waals surface area contributed by atoms with E-state index in [0.717, 1.165) is 18.4 Å². The van der Waals surface area contributed by atoms with Gasteiger partial charge < -0.3 is 14.5 Å². The third-order valence-electron chi connectivity index (χ3n) is 5.44. The minimum absolute atomic E-state index is 0.00615. The Bertz CT molecular complexity index is 831. The van der Waals surface area contributed by atoms with E-state index in [-0.39, 0.29) is 24.4 Å². The molecule has 1 atom stereocenters. The van der Waals surface area contributed by atoms with Gasteiger partial charge in [-0.25, -0.2) is 0 Å². The van der Waals surface area contributed by atoms with Gasteiger partial charge in [-0.05, 0) is 42.3 Å². The maximum absolute atomic E-state index is 13.3. The lowest BCUT2D eigenvalue weighted by molar-refractivity contribution is -0.141. The second kappa shape index (κ2) is 10.0. The van der Waals surface area contributed by atoms with E-state index < -0.39 is 0 Å². The van der Waals surface area contributed by atoms with Crippen molar-refractivity contribution in [2.75, 3.05) is 33.4 Å². The topological polar surface area (TPSA) is 49.9 Å². The van der Waals surface area contributed by atoms with Gasteiger partial charge >= 0.3 is 0 Å². The first-order chi connectivity index (χ1) is 14.0. The summed E-state index contributed by atoms with van der Waals surface area (Å²) in [5.41, 5.74) is 3.54. The number of rotatable bonds is 8. The molecule has 1 aromatic carbocycles. The average molecular weight is 415 g/mol. The Balaban J connectivity index is 1.83. The molecular weight excluding hydrogens is 384 g/mol. The van der Waals surface area contributed by atoms with Crippen LogP contribution in [-0.2, 0) is 20.7 Å². The fraction of sp³-hybridized carbons (Fsp3) is 0.478. The predicted molar refractivity (Wildman–Crippen MR) is 116 cm³/mol. The van der Waals surface area contributed by atoms with Gasteiger partial charge in [-0.2, -0.15) is 0 Å². The van der Waals surface area contributed by atoms with Crippen molar-refractivity contribution in [2.45, 2.75) is 39.2 Å². The highest BCUT2D eigenvalue weighted by atomic mass is 32.1. The van der Waals surface area contributed by atoms with Crippen molar-refractivity contribution in [3.8, 4) is 0 Å². The lowest BCUT2D eigenvalue weighted by Crippen LogP contribution is -2.47. The van der Waals surface area contributed by atoms with E-state index in [1.807, 2.05) is 11.8 Å². The average Bonchev–Trinajstić information content (AvgIpc) is 3.21. The van der Waals surface area contributed by atoms with Gasteiger partial charge in [-0.3, -0.25) is 9.59 Å². The maximum Gasteiger partial charge on any atom is 0.242 e. The van der Waals surface area contributed by atoms with E-state index >= 15 is 0 Å². The first-order valence-electron chi connectivity index (χ1n) is 10.2. The molecular formula is C23H30N2O3S. The number of amides is 2. The Hall–Kier alpha value is -2.18. The van der Waals surface area contributed by atoms with Crippen LogP contribution in [0.15, 0.2) is 35.7 Å². The van der Waals surface area contributed by atoms with Crippen molar-refractivity contribution in [1.29, 1.82) is 0 Å². The van der Waals surface area contributed by atoms with Crippen LogP contribution in [0.4, 0.5) is 0 Å². The summed E-state index contributed by atoms with van der Waals surface area (Å²) in [6.07, 6.45) is 1.99. The molecule has 0 saturated carbocycles. The van der Waals surface area contributed by atoms with Crippen molar-refractivity contribution < 1.29 is 14.3 Å². The van der Waals surface area contributed by atoms with Gasteiger partial charge in [-0.15, -0.1) is 11.3 Å². The lowest BCUT2D eigenvalue weighted by Gasteiger charge is -2.37. The molecule has 1 aromatic heterocycles. The molecule has 3 rings (SSSR count). The molecule has 2 amide bonds. The number of hydrogen-bond acceptors (Lipinski definition) is 4. The Morgan fingerprint density at radius 1 is 1.24 bits per heavy atom. The van der Waals surface area contributed by atoms with Crippen molar-refractivity contribution in [3.63, 3.8) is 0 Å². The minimum atomic E-state index is -0.0874. The normalized spacial score (nSPS) is 15.8. The third-order valence-corrected chi connectivity index (χ3v) is 6.43. The van der Waals surface area contributed by atoms with Crippen LogP contribution in [0.3, 0.4) is 0 Å². The first kappa shape index (κ1) is 21.5. The number of benzene rings is 1. The monoisotopic (exact) mass is 414 g/mol. The van der Waals surface area contributed by atoms with Crippen LogP contribution in [-0.4, -0.2) is 55.0 Å². The SMILES string of the molecule is CCC(=O)N(CCCOC)CC(=O)N1CCc2sccc2[C@H]1c1ccc(C)cc1. The minimum Gasteiger partial charge on any atom is -0.385 e. The number of aryl methyl sites for hydroxylation is 1. The van der Waals surface area contributed by atoms with Crippen molar-refractivity contribution in [1.82, 2.24) is 9.80 Å². The molecule has 0 fully saturated rings. The van der Waals surface area contributed by atoms with Gasteiger partial charge in [0.1, 0.15) is 0 Å². The molecule has 5 nitrogen and oxygen atoms in total. The molecule has 2 heterocycles. The summed E-state index contributed by atoms with van der Waals surface area (Å²) in [4.78, 5) is 30.7. The molecule has 1 aliphatic rings. The van der Waals surface area contributed by atoms with Gasteiger partial charge in [0.05, 0.1) is 12.6 Å². The molecule has 0 spiro atoms. The lowest BCUT2D eigenvalue weighted by atomic mass is 9.92. The predicted octanol–water partition coefficient (Wildman–Crippen LogP) is 3.81. The van der Waals surface area contributed by atoms with Crippen LogP contribution in [0.1, 0.15) is 47.4 Å². The molecule has 0 unspecified atom stereocenters. The quantitative estimate of drug-likeness (QED) is 0.617. The number of hydrogen-bond donors (Lipinski definition) is 0. The highest BCUT2D eigenvalue weighted by molar-refractivity contribution is 7.10. The standard InChI is InChI=1S/C23H30N2O3S/c1-4-21(26)24(12-5-14-28-3)16-22(27)25-13-10-20-19(11-15-29-20)23(25)18-8-6-17(2)7-9-18/h6-9,11,15,23H,4-5,10,12-14,16H2,1-3H3/t23-/m1/s1. The summed E-state index contributed by atoms with van der Waals surface area (Å²) in [7, 11) is 1.65. The number of methoxy groups -OCH3 is 1. The molecule has 0 N–H and O–H groups in total. The van der Waals surface area contributed by atoms with Crippen LogP contribution in [0.2, 0.25) is 0 Å². The van der Waals surface area contributed by atoms with E-state index in [2.05, 4.69) is 42.6 Å². The molecule has 6 heteroatoms. The third kappa shape index (κ3) is 5.06. The van der Waals surface area contributed by atoms with Gasteiger partial charge in [0.15, 0.2) is 0 Å². The van der Waals surface area contributed by atoms with E-state index in [9.17, 15) is 9.59 Å². The van der Waals surface area contributed by atoms with E-state index in [4.69, 9.17) is 4.74 Å². The summed E-state index contributed by atoms with van der Waals surface area (Å²) in [6, 6.07) is 10.5. The Morgan fingerprint density at radius 2 is 2.00 bits per heavy atom. The fourth-order valence-electron chi connectivity index (χ4n) is 3.86. The Morgan fingerprint density at radius 3 is 2.69 bits per heavy atom. The van der Waals surface area contributed by atoms with Crippen LogP contribution in [0, 0.1) is 6.92 Å². The number of ether oxygens (including phenoxy) is 1. The zero-order valence-corrected chi connectivity index (χ0v) is 18.3. The zero-order valence-electron chi connectivity index (χ0n) is 17.5. The summed E-state index contributed by atoms with van der Waals surface area (Å²) < 4.78 is 5.11. The van der Waals surface area contributed by atoms with Crippen molar-refractivity contribution in [3.05, 3.63) is 57.3 Å². The Kier molecular flexibility index (Phi) is 7.45. The smallest absolute Gasteiger partial charge is 0.242 e. The molecule has 2 aromatic rings. The van der Waals surface area contributed by atoms with Crippen LogP contribution in [0.25, 0.3) is 0 Å². The van der Waals surface area contributed by atoms with Gasteiger partial charge in [0, 0.05) is 38.1 Å². The van der Waals surface area contributed by atoms with Crippen LogP contribution < -0.4 is 0 Å². The first-order valence-corrected chi connectivity index (χ1v) is 11.1. The second-order valence-electron chi connectivity index (χ2n) is 7.46. The second-order valence-corrected chi connectivity index (χ2v) is 8.47.